The summed E-state index contributed by atoms with van der Waals surface area (Å²) in [5, 5.41) is 9.33. The van der Waals surface area contributed by atoms with Crippen LogP contribution in [0.3, 0.4) is 0 Å². The number of carbonyl (C=O) groups is 2. The lowest BCUT2D eigenvalue weighted by Crippen LogP contribution is -2.61. The van der Waals surface area contributed by atoms with Gasteiger partial charge in [0.15, 0.2) is 0 Å². The number of aryl methyl sites for hydroxylation is 1. The van der Waals surface area contributed by atoms with Gasteiger partial charge in [-0.15, -0.1) is 0 Å². The van der Waals surface area contributed by atoms with E-state index in [1.165, 1.54) is 0 Å². The number of likely N-dealkylation sites (tertiary alicyclic amines) is 2. The first kappa shape index (κ1) is 19.6. The van der Waals surface area contributed by atoms with E-state index >= 15 is 0 Å². The van der Waals surface area contributed by atoms with E-state index in [1.54, 1.807) is 4.90 Å². The van der Waals surface area contributed by atoms with E-state index < -0.39 is 5.54 Å². The number of hydrogen-bond donors (Lipinski definition) is 1. The highest BCUT2D eigenvalue weighted by molar-refractivity contribution is 6.04. The summed E-state index contributed by atoms with van der Waals surface area (Å²) in [5.41, 5.74) is 2.94. The number of benzene rings is 2. The third kappa shape index (κ3) is 3.44. The standard InChI is InChI=1S/C24H28N2O3/c1-18-7-4-8-19(17-18)20-9-2-3-10-21(20)22(28)26-14-6-12-24(26)11-5-13-25(15-16-27)23(24)29/h2-4,7-10,17,27H,5-6,11-16H2,1H3. The summed E-state index contributed by atoms with van der Waals surface area (Å²) < 4.78 is 0. The summed E-state index contributed by atoms with van der Waals surface area (Å²) in [6.07, 6.45) is 3.09. The maximum Gasteiger partial charge on any atom is 0.255 e. The highest BCUT2D eigenvalue weighted by Gasteiger charge is 2.52. The Morgan fingerprint density at radius 1 is 1.07 bits per heavy atom. The van der Waals surface area contributed by atoms with Gasteiger partial charge in [-0.1, -0.05) is 48.0 Å². The molecule has 2 aliphatic heterocycles. The molecule has 2 fully saturated rings. The van der Waals surface area contributed by atoms with Crippen LogP contribution in [-0.4, -0.2) is 58.5 Å². The zero-order valence-corrected chi connectivity index (χ0v) is 16.9. The van der Waals surface area contributed by atoms with Gasteiger partial charge in [-0.2, -0.15) is 0 Å². The first-order valence-corrected chi connectivity index (χ1v) is 10.4. The minimum absolute atomic E-state index is 0.00307. The van der Waals surface area contributed by atoms with Crippen LogP contribution in [0, 0.1) is 6.92 Å². The van der Waals surface area contributed by atoms with E-state index in [-0.39, 0.29) is 18.4 Å². The molecule has 2 heterocycles. The van der Waals surface area contributed by atoms with Gasteiger partial charge < -0.3 is 14.9 Å². The van der Waals surface area contributed by atoms with Crippen molar-refractivity contribution in [2.45, 2.75) is 38.1 Å². The minimum Gasteiger partial charge on any atom is -0.395 e. The Labute approximate surface area is 171 Å². The van der Waals surface area contributed by atoms with Crippen LogP contribution < -0.4 is 0 Å². The van der Waals surface area contributed by atoms with Crippen molar-refractivity contribution in [2.75, 3.05) is 26.2 Å². The first-order valence-electron chi connectivity index (χ1n) is 10.4. The normalized spacial score (nSPS) is 21.8. The number of piperidine rings is 1. The zero-order valence-electron chi connectivity index (χ0n) is 16.9. The molecule has 0 aromatic heterocycles. The number of nitrogens with zero attached hydrogens (tertiary/aromatic N) is 2. The van der Waals surface area contributed by atoms with Gasteiger partial charge in [0.1, 0.15) is 5.54 Å². The third-order valence-electron chi connectivity index (χ3n) is 6.29. The van der Waals surface area contributed by atoms with E-state index in [0.29, 0.717) is 38.0 Å². The molecule has 0 aliphatic carbocycles. The molecular weight excluding hydrogens is 364 g/mol. The Morgan fingerprint density at radius 3 is 2.59 bits per heavy atom. The number of amides is 2. The highest BCUT2D eigenvalue weighted by Crippen LogP contribution is 2.40. The molecule has 1 spiro atoms. The average molecular weight is 392 g/mol. The summed E-state index contributed by atoms with van der Waals surface area (Å²) >= 11 is 0. The van der Waals surface area contributed by atoms with Gasteiger partial charge in [-0.3, -0.25) is 9.59 Å². The molecule has 0 saturated carbocycles. The van der Waals surface area contributed by atoms with Crippen LogP contribution in [0.1, 0.15) is 41.6 Å². The molecule has 152 valence electrons. The van der Waals surface area contributed by atoms with Crippen LogP contribution in [0.25, 0.3) is 11.1 Å². The lowest BCUT2D eigenvalue weighted by molar-refractivity contribution is -0.146. The predicted molar refractivity (Wildman–Crippen MR) is 113 cm³/mol. The fourth-order valence-electron chi connectivity index (χ4n) is 4.94. The van der Waals surface area contributed by atoms with Gasteiger partial charge in [0.05, 0.1) is 6.61 Å². The van der Waals surface area contributed by atoms with Crippen molar-refractivity contribution in [2.24, 2.45) is 0 Å². The van der Waals surface area contributed by atoms with Crippen molar-refractivity contribution in [1.29, 1.82) is 0 Å². The van der Waals surface area contributed by atoms with E-state index in [9.17, 15) is 14.7 Å². The molecule has 2 aliphatic rings. The molecule has 4 rings (SSSR count). The second-order valence-electron chi connectivity index (χ2n) is 8.13. The van der Waals surface area contributed by atoms with Crippen LogP contribution in [0.5, 0.6) is 0 Å². The van der Waals surface area contributed by atoms with Gasteiger partial charge in [0, 0.05) is 25.2 Å². The van der Waals surface area contributed by atoms with Crippen molar-refractivity contribution in [3.8, 4) is 11.1 Å². The Balaban J connectivity index is 1.71. The number of rotatable bonds is 4. The molecule has 1 atom stereocenters. The van der Waals surface area contributed by atoms with Gasteiger partial charge in [-0.05, 0) is 49.8 Å². The Bertz CT molecular complexity index is 924. The van der Waals surface area contributed by atoms with Crippen molar-refractivity contribution >= 4 is 11.8 Å². The lowest BCUT2D eigenvalue weighted by Gasteiger charge is -2.44. The molecule has 1 unspecified atom stereocenters. The molecule has 2 amide bonds. The van der Waals surface area contributed by atoms with Crippen molar-refractivity contribution in [1.82, 2.24) is 9.80 Å². The molecule has 2 saturated heterocycles. The maximum atomic E-state index is 13.7. The first-order chi connectivity index (χ1) is 14.1. The summed E-state index contributed by atoms with van der Waals surface area (Å²) in [6.45, 7) is 3.58. The smallest absolute Gasteiger partial charge is 0.255 e. The van der Waals surface area contributed by atoms with Crippen LogP contribution in [0.15, 0.2) is 48.5 Å². The Morgan fingerprint density at radius 2 is 1.83 bits per heavy atom. The van der Waals surface area contributed by atoms with E-state index in [2.05, 4.69) is 6.07 Å². The molecule has 5 nitrogen and oxygen atoms in total. The summed E-state index contributed by atoms with van der Waals surface area (Å²) in [7, 11) is 0. The second kappa shape index (κ2) is 7.99. The van der Waals surface area contributed by atoms with Crippen molar-refractivity contribution < 1.29 is 14.7 Å². The topological polar surface area (TPSA) is 60.9 Å². The number of aliphatic hydroxyl groups excluding tert-OH is 1. The minimum atomic E-state index is -0.760. The summed E-state index contributed by atoms with van der Waals surface area (Å²) in [6, 6.07) is 15.8. The van der Waals surface area contributed by atoms with E-state index in [1.807, 2.05) is 54.3 Å². The molecule has 0 bridgehead atoms. The monoisotopic (exact) mass is 392 g/mol. The Hall–Kier alpha value is -2.66. The zero-order chi connectivity index (χ0) is 20.4. The maximum absolute atomic E-state index is 13.7. The van der Waals surface area contributed by atoms with Gasteiger partial charge in [0.25, 0.3) is 5.91 Å². The van der Waals surface area contributed by atoms with E-state index in [4.69, 9.17) is 0 Å². The summed E-state index contributed by atoms with van der Waals surface area (Å²) in [4.78, 5) is 30.6. The van der Waals surface area contributed by atoms with Crippen LogP contribution in [0.2, 0.25) is 0 Å². The van der Waals surface area contributed by atoms with Crippen molar-refractivity contribution in [3.05, 3.63) is 59.7 Å². The molecular formula is C24H28N2O3. The van der Waals surface area contributed by atoms with Gasteiger partial charge in [-0.25, -0.2) is 0 Å². The largest absolute Gasteiger partial charge is 0.395 e. The fourth-order valence-corrected chi connectivity index (χ4v) is 4.94. The number of β-amino-alcohol motifs (C(OH)–C–C–N with tert-alkyl or cyclic N) is 1. The number of carbonyl (C=O) groups excluding carboxylic acids is 2. The lowest BCUT2D eigenvalue weighted by atomic mass is 9.84. The number of hydrogen-bond acceptors (Lipinski definition) is 3. The van der Waals surface area contributed by atoms with Crippen LogP contribution in [0.4, 0.5) is 0 Å². The third-order valence-corrected chi connectivity index (χ3v) is 6.29. The van der Waals surface area contributed by atoms with Crippen molar-refractivity contribution in [3.63, 3.8) is 0 Å². The molecule has 2 aromatic rings. The van der Waals surface area contributed by atoms with Gasteiger partial charge in [0.2, 0.25) is 5.91 Å². The fraction of sp³-hybridized carbons (Fsp3) is 0.417. The SMILES string of the molecule is Cc1cccc(-c2ccccc2C(=O)N2CCCC23CCCN(CCO)C3=O)c1. The predicted octanol–water partition coefficient (Wildman–Crippen LogP) is 3.25. The average Bonchev–Trinajstić information content (AvgIpc) is 3.15. The molecule has 2 aromatic carbocycles. The number of aliphatic hydroxyl groups is 1. The quantitative estimate of drug-likeness (QED) is 0.869. The molecule has 5 heteroatoms. The summed E-state index contributed by atoms with van der Waals surface area (Å²) in [5.74, 6) is -0.0736. The Kier molecular flexibility index (Phi) is 5.41. The molecule has 0 radical (unpaired) electrons. The van der Waals surface area contributed by atoms with Gasteiger partial charge >= 0.3 is 0 Å². The van der Waals surface area contributed by atoms with Crippen LogP contribution in [-0.2, 0) is 4.79 Å². The molecule has 1 N–H and O–H groups in total. The highest BCUT2D eigenvalue weighted by atomic mass is 16.3. The van der Waals surface area contributed by atoms with Crippen LogP contribution >= 0.6 is 0 Å². The molecule has 29 heavy (non-hydrogen) atoms. The van der Waals surface area contributed by atoms with E-state index in [0.717, 1.165) is 29.5 Å². The second-order valence-corrected chi connectivity index (χ2v) is 8.13.